The molecule has 0 aliphatic carbocycles. The van der Waals surface area contributed by atoms with Crippen LogP contribution in [0.5, 0.6) is 0 Å². The first-order valence-electron chi connectivity index (χ1n) is 9.02. The zero-order chi connectivity index (χ0) is 17.8. The molecule has 3 rings (SSSR count). The van der Waals surface area contributed by atoms with Crippen LogP contribution in [0.25, 0.3) is 0 Å². The summed E-state index contributed by atoms with van der Waals surface area (Å²) >= 11 is 0. The molecule has 1 saturated heterocycles. The van der Waals surface area contributed by atoms with Gasteiger partial charge in [0.05, 0.1) is 0 Å². The van der Waals surface area contributed by atoms with Gasteiger partial charge >= 0.3 is 0 Å². The molecule has 0 radical (unpaired) electrons. The number of likely N-dealkylation sites (tertiary alicyclic amines) is 1. The van der Waals surface area contributed by atoms with Crippen molar-refractivity contribution in [2.45, 2.75) is 39.0 Å². The zero-order valence-electron chi connectivity index (χ0n) is 15.2. The molecule has 1 atom stereocenters. The van der Waals surface area contributed by atoms with Crippen LogP contribution in [0.3, 0.4) is 0 Å². The number of carbonyl (C=O) groups is 1. The first-order valence-corrected chi connectivity index (χ1v) is 9.02. The van der Waals surface area contributed by atoms with Gasteiger partial charge in [0.25, 0.3) is 5.91 Å². The van der Waals surface area contributed by atoms with Crippen LogP contribution in [0, 0.1) is 6.92 Å². The summed E-state index contributed by atoms with van der Waals surface area (Å²) in [5, 5.41) is 2.92. The molecule has 1 unspecified atom stereocenters. The van der Waals surface area contributed by atoms with E-state index in [1.807, 2.05) is 11.8 Å². The third-order valence-electron chi connectivity index (χ3n) is 4.86. The van der Waals surface area contributed by atoms with Gasteiger partial charge in [-0.2, -0.15) is 0 Å². The van der Waals surface area contributed by atoms with E-state index in [2.05, 4.69) is 46.5 Å². The third kappa shape index (κ3) is 3.98. The van der Waals surface area contributed by atoms with E-state index in [-0.39, 0.29) is 5.91 Å². The van der Waals surface area contributed by atoms with Crippen molar-refractivity contribution in [3.05, 3.63) is 52.8 Å². The molecule has 1 aromatic heterocycles. The fraction of sp³-hybridized carbons (Fsp3) is 0.450. The Morgan fingerprint density at radius 2 is 2.04 bits per heavy atom. The highest BCUT2D eigenvalue weighted by Gasteiger charge is 2.26. The molecular weight excluding hydrogens is 312 g/mol. The number of nitrogens with zero attached hydrogens (tertiary/aromatic N) is 3. The Kier molecular flexibility index (Phi) is 5.31. The van der Waals surface area contributed by atoms with Crippen molar-refractivity contribution >= 4 is 11.9 Å². The Balaban J connectivity index is 1.76. The fourth-order valence-electron chi connectivity index (χ4n) is 3.41. The monoisotopic (exact) mass is 338 g/mol. The molecule has 1 fully saturated rings. The number of benzene rings is 1. The smallest absolute Gasteiger partial charge is 0.272 e. The SMILES string of the molecule is CCc1ccc(C2CCCN(C(=O)c3cc(C)nc(NC)n3)C2)cc1. The molecule has 5 nitrogen and oxygen atoms in total. The van der Waals surface area contributed by atoms with E-state index >= 15 is 0 Å². The summed E-state index contributed by atoms with van der Waals surface area (Å²) in [6.45, 7) is 5.59. The molecule has 2 heterocycles. The molecule has 1 amide bonds. The number of aromatic nitrogens is 2. The maximum atomic E-state index is 12.9. The Labute approximate surface area is 149 Å². The van der Waals surface area contributed by atoms with E-state index in [0.717, 1.165) is 38.0 Å². The number of carbonyl (C=O) groups excluding carboxylic acids is 1. The second kappa shape index (κ2) is 7.64. The van der Waals surface area contributed by atoms with Crippen LogP contribution in [-0.4, -0.2) is 40.9 Å². The average Bonchev–Trinajstić information content (AvgIpc) is 2.67. The van der Waals surface area contributed by atoms with Gasteiger partial charge in [0.2, 0.25) is 5.95 Å². The van der Waals surface area contributed by atoms with Crippen LogP contribution in [0.1, 0.15) is 53.0 Å². The summed E-state index contributed by atoms with van der Waals surface area (Å²) in [4.78, 5) is 23.4. The maximum absolute atomic E-state index is 12.9. The predicted octanol–water partition coefficient (Wildman–Crippen LogP) is 3.41. The zero-order valence-corrected chi connectivity index (χ0v) is 15.2. The van der Waals surface area contributed by atoms with E-state index in [9.17, 15) is 4.79 Å². The molecule has 1 aromatic carbocycles. The van der Waals surface area contributed by atoms with Crippen molar-refractivity contribution in [3.63, 3.8) is 0 Å². The minimum Gasteiger partial charge on any atom is -0.357 e. The third-order valence-corrected chi connectivity index (χ3v) is 4.86. The highest BCUT2D eigenvalue weighted by molar-refractivity contribution is 5.92. The number of nitrogens with one attached hydrogen (secondary N) is 1. The van der Waals surface area contributed by atoms with Crippen LogP contribution in [-0.2, 0) is 6.42 Å². The van der Waals surface area contributed by atoms with Gasteiger partial charge in [0.1, 0.15) is 5.69 Å². The minimum atomic E-state index is -0.00289. The Morgan fingerprint density at radius 3 is 2.72 bits per heavy atom. The highest BCUT2D eigenvalue weighted by atomic mass is 16.2. The quantitative estimate of drug-likeness (QED) is 0.928. The second-order valence-electron chi connectivity index (χ2n) is 6.65. The van der Waals surface area contributed by atoms with Gasteiger partial charge in [-0.3, -0.25) is 4.79 Å². The van der Waals surface area contributed by atoms with Crippen LogP contribution in [0.15, 0.2) is 30.3 Å². The van der Waals surface area contributed by atoms with Crippen molar-refractivity contribution < 1.29 is 4.79 Å². The van der Waals surface area contributed by atoms with Gasteiger partial charge in [-0.25, -0.2) is 9.97 Å². The molecule has 0 spiro atoms. The standard InChI is InChI=1S/C20H26N4O/c1-4-15-7-9-16(10-8-15)17-6-5-11-24(13-17)19(25)18-12-14(2)22-20(21-3)23-18/h7-10,12,17H,4-6,11,13H2,1-3H3,(H,21,22,23). The van der Waals surface area contributed by atoms with E-state index in [0.29, 0.717) is 17.6 Å². The Hall–Kier alpha value is -2.43. The van der Waals surface area contributed by atoms with Crippen molar-refractivity contribution in [2.75, 3.05) is 25.5 Å². The van der Waals surface area contributed by atoms with E-state index in [4.69, 9.17) is 0 Å². The lowest BCUT2D eigenvalue weighted by atomic mass is 9.90. The number of amides is 1. The number of anilines is 1. The number of piperidine rings is 1. The van der Waals surface area contributed by atoms with Crippen molar-refractivity contribution in [2.24, 2.45) is 0 Å². The summed E-state index contributed by atoms with van der Waals surface area (Å²) in [6, 6.07) is 10.6. The summed E-state index contributed by atoms with van der Waals surface area (Å²) in [6.07, 6.45) is 3.20. The molecule has 132 valence electrons. The van der Waals surface area contributed by atoms with Gasteiger partial charge in [-0.05, 0) is 43.4 Å². The molecule has 1 aliphatic rings. The lowest BCUT2D eigenvalue weighted by Crippen LogP contribution is -2.39. The molecule has 5 heteroatoms. The molecule has 1 N–H and O–H groups in total. The summed E-state index contributed by atoms with van der Waals surface area (Å²) in [7, 11) is 1.76. The van der Waals surface area contributed by atoms with Crippen molar-refractivity contribution in [1.82, 2.24) is 14.9 Å². The van der Waals surface area contributed by atoms with Crippen molar-refractivity contribution in [1.29, 1.82) is 0 Å². The van der Waals surface area contributed by atoms with Crippen LogP contribution >= 0.6 is 0 Å². The number of hydrogen-bond acceptors (Lipinski definition) is 4. The lowest BCUT2D eigenvalue weighted by Gasteiger charge is -2.33. The normalized spacial score (nSPS) is 17.4. The van der Waals surface area contributed by atoms with Gasteiger partial charge < -0.3 is 10.2 Å². The Morgan fingerprint density at radius 1 is 1.28 bits per heavy atom. The minimum absolute atomic E-state index is 0.00289. The van der Waals surface area contributed by atoms with E-state index in [1.165, 1.54) is 11.1 Å². The number of rotatable bonds is 4. The molecule has 25 heavy (non-hydrogen) atoms. The first kappa shape index (κ1) is 17.4. The van der Waals surface area contributed by atoms with Crippen LogP contribution in [0.4, 0.5) is 5.95 Å². The maximum Gasteiger partial charge on any atom is 0.272 e. The van der Waals surface area contributed by atoms with Crippen LogP contribution in [0.2, 0.25) is 0 Å². The largest absolute Gasteiger partial charge is 0.357 e. The first-order chi connectivity index (χ1) is 12.1. The number of aryl methyl sites for hydroxylation is 2. The molecule has 0 bridgehead atoms. The van der Waals surface area contributed by atoms with Gasteiger partial charge in [0.15, 0.2) is 0 Å². The summed E-state index contributed by atoms with van der Waals surface area (Å²) in [5.74, 6) is 0.888. The second-order valence-corrected chi connectivity index (χ2v) is 6.65. The number of hydrogen-bond donors (Lipinski definition) is 1. The fourth-order valence-corrected chi connectivity index (χ4v) is 3.41. The molecule has 0 saturated carbocycles. The highest BCUT2D eigenvalue weighted by Crippen LogP contribution is 2.28. The van der Waals surface area contributed by atoms with Gasteiger partial charge in [0, 0.05) is 31.7 Å². The Bertz CT molecular complexity index is 742. The summed E-state index contributed by atoms with van der Waals surface area (Å²) < 4.78 is 0. The van der Waals surface area contributed by atoms with E-state index < -0.39 is 0 Å². The van der Waals surface area contributed by atoms with E-state index in [1.54, 1.807) is 13.1 Å². The average molecular weight is 338 g/mol. The molecule has 1 aliphatic heterocycles. The summed E-state index contributed by atoms with van der Waals surface area (Å²) in [5.41, 5.74) is 3.94. The van der Waals surface area contributed by atoms with Crippen LogP contribution < -0.4 is 5.32 Å². The molecular formula is C20H26N4O. The molecule has 2 aromatic rings. The predicted molar refractivity (Wildman–Crippen MR) is 100 cm³/mol. The topological polar surface area (TPSA) is 58.1 Å². The van der Waals surface area contributed by atoms with Gasteiger partial charge in [-0.1, -0.05) is 31.2 Å². The van der Waals surface area contributed by atoms with Crippen molar-refractivity contribution in [3.8, 4) is 0 Å². The lowest BCUT2D eigenvalue weighted by molar-refractivity contribution is 0.0701. The van der Waals surface area contributed by atoms with Gasteiger partial charge in [-0.15, -0.1) is 0 Å².